The lowest BCUT2D eigenvalue weighted by Gasteiger charge is -2.34. The molecule has 1 aliphatic carbocycles. The summed E-state index contributed by atoms with van der Waals surface area (Å²) in [6, 6.07) is 4.43. The number of hydrogen-bond acceptors (Lipinski definition) is 6. The van der Waals surface area contributed by atoms with E-state index in [1.165, 1.54) is 12.1 Å². The van der Waals surface area contributed by atoms with Crippen LogP contribution in [0.3, 0.4) is 0 Å². The Balaban J connectivity index is 1.59. The monoisotopic (exact) mass is 403 g/mol. The Labute approximate surface area is 170 Å². The number of ether oxygens (including phenoxy) is 1. The zero-order valence-corrected chi connectivity index (χ0v) is 17.1. The quantitative estimate of drug-likeness (QED) is 0.444. The van der Waals surface area contributed by atoms with Crippen LogP contribution in [0.4, 0.5) is 11.4 Å². The van der Waals surface area contributed by atoms with Gasteiger partial charge < -0.3 is 15.0 Å². The molecular formula is C21H29N3O5. The minimum Gasteiger partial charge on any atom is -0.452 e. The summed E-state index contributed by atoms with van der Waals surface area (Å²) in [5, 5.41) is 14.4. The molecule has 1 aromatic carbocycles. The molecule has 1 N–H and O–H groups in total. The number of nitro benzene ring substituents is 1. The summed E-state index contributed by atoms with van der Waals surface area (Å²) in [6.45, 7) is 5.45. The summed E-state index contributed by atoms with van der Waals surface area (Å²) in [7, 11) is 0. The van der Waals surface area contributed by atoms with Crippen LogP contribution in [0.15, 0.2) is 18.2 Å². The number of carbonyl (C=O) groups is 2. The molecule has 2 fully saturated rings. The molecule has 8 nitrogen and oxygen atoms in total. The van der Waals surface area contributed by atoms with Crippen LogP contribution in [-0.4, -0.2) is 42.5 Å². The fourth-order valence-electron chi connectivity index (χ4n) is 4.27. The van der Waals surface area contributed by atoms with E-state index >= 15 is 0 Å². The van der Waals surface area contributed by atoms with Gasteiger partial charge in [0.05, 0.1) is 10.5 Å². The lowest BCUT2D eigenvalue weighted by molar-refractivity contribution is -0.384. The molecule has 1 saturated carbocycles. The molecule has 3 atom stereocenters. The second-order valence-electron chi connectivity index (χ2n) is 8.17. The molecule has 3 unspecified atom stereocenters. The van der Waals surface area contributed by atoms with Crippen LogP contribution < -0.4 is 10.2 Å². The molecule has 3 rings (SSSR count). The normalized spacial score (nSPS) is 24.2. The van der Waals surface area contributed by atoms with E-state index in [4.69, 9.17) is 4.74 Å². The number of nitrogens with zero attached hydrogens (tertiary/aromatic N) is 2. The van der Waals surface area contributed by atoms with E-state index in [2.05, 4.69) is 19.2 Å². The Bertz CT molecular complexity index is 776. The Hall–Kier alpha value is -2.64. The number of nitrogens with one attached hydrogen (secondary N) is 1. The molecule has 1 saturated heterocycles. The van der Waals surface area contributed by atoms with Gasteiger partial charge in [-0.2, -0.15) is 0 Å². The van der Waals surface area contributed by atoms with Gasteiger partial charge in [0.25, 0.3) is 11.6 Å². The molecule has 0 bridgehead atoms. The van der Waals surface area contributed by atoms with Crippen LogP contribution >= 0.6 is 0 Å². The Morgan fingerprint density at radius 1 is 1.21 bits per heavy atom. The van der Waals surface area contributed by atoms with Crippen molar-refractivity contribution in [1.29, 1.82) is 0 Å². The van der Waals surface area contributed by atoms with Crippen LogP contribution in [-0.2, 0) is 9.53 Å². The van der Waals surface area contributed by atoms with Crippen molar-refractivity contribution in [2.45, 2.75) is 52.0 Å². The molecule has 1 aliphatic heterocycles. The van der Waals surface area contributed by atoms with Crippen molar-refractivity contribution in [2.75, 3.05) is 24.6 Å². The maximum atomic E-state index is 12.3. The standard InChI is InChI=1S/C21H29N3O5/c1-14-6-5-7-17(15(14)2)22-20(25)13-29-21(26)16-8-9-18(19(12-16)24(27)28)23-10-3-4-11-23/h8-9,12,14-15,17H,3-7,10-11,13H2,1-2H3,(H,22,25). The second kappa shape index (κ2) is 9.24. The summed E-state index contributed by atoms with van der Waals surface area (Å²) in [6.07, 6.45) is 5.15. The van der Waals surface area contributed by atoms with Crippen LogP contribution in [0, 0.1) is 22.0 Å². The van der Waals surface area contributed by atoms with Crippen LogP contribution in [0.25, 0.3) is 0 Å². The van der Waals surface area contributed by atoms with E-state index in [0.29, 0.717) is 17.5 Å². The molecule has 2 aliphatic rings. The Morgan fingerprint density at radius 3 is 2.62 bits per heavy atom. The van der Waals surface area contributed by atoms with Gasteiger partial charge in [0.15, 0.2) is 6.61 Å². The number of benzene rings is 1. The van der Waals surface area contributed by atoms with Crippen molar-refractivity contribution < 1.29 is 19.2 Å². The first-order valence-corrected chi connectivity index (χ1v) is 10.4. The minimum absolute atomic E-state index is 0.0760. The third-order valence-electron chi connectivity index (χ3n) is 6.24. The van der Waals surface area contributed by atoms with Crippen LogP contribution in [0.5, 0.6) is 0 Å². The third kappa shape index (κ3) is 5.05. The van der Waals surface area contributed by atoms with Crippen LogP contribution in [0.1, 0.15) is 56.3 Å². The highest BCUT2D eigenvalue weighted by atomic mass is 16.6. The minimum atomic E-state index is -0.735. The van der Waals surface area contributed by atoms with Crippen molar-refractivity contribution >= 4 is 23.3 Å². The Morgan fingerprint density at radius 2 is 1.93 bits per heavy atom. The van der Waals surface area contributed by atoms with Gasteiger partial charge in [-0.1, -0.05) is 26.7 Å². The lowest BCUT2D eigenvalue weighted by Crippen LogP contribution is -2.45. The van der Waals surface area contributed by atoms with E-state index in [-0.39, 0.29) is 23.2 Å². The van der Waals surface area contributed by atoms with Gasteiger partial charge in [0, 0.05) is 25.2 Å². The smallest absolute Gasteiger partial charge is 0.338 e. The van der Waals surface area contributed by atoms with E-state index in [1.807, 2.05) is 4.90 Å². The van der Waals surface area contributed by atoms with E-state index < -0.39 is 17.5 Å². The third-order valence-corrected chi connectivity index (χ3v) is 6.24. The average molecular weight is 403 g/mol. The van der Waals surface area contributed by atoms with Gasteiger partial charge in [-0.25, -0.2) is 4.79 Å². The maximum absolute atomic E-state index is 12.3. The number of carbonyl (C=O) groups excluding carboxylic acids is 2. The number of nitro groups is 1. The number of anilines is 1. The fourth-order valence-corrected chi connectivity index (χ4v) is 4.27. The molecule has 1 amide bonds. The number of amides is 1. The Kier molecular flexibility index (Phi) is 6.71. The van der Waals surface area contributed by atoms with Gasteiger partial charge >= 0.3 is 5.97 Å². The molecule has 0 aromatic heterocycles. The first-order chi connectivity index (χ1) is 13.9. The van der Waals surface area contributed by atoms with E-state index in [1.54, 1.807) is 6.07 Å². The van der Waals surface area contributed by atoms with Crippen molar-refractivity contribution in [3.05, 3.63) is 33.9 Å². The lowest BCUT2D eigenvalue weighted by atomic mass is 9.78. The van der Waals surface area contributed by atoms with Crippen molar-refractivity contribution in [3.63, 3.8) is 0 Å². The van der Waals surface area contributed by atoms with Crippen LogP contribution in [0.2, 0.25) is 0 Å². The highest BCUT2D eigenvalue weighted by Gasteiger charge is 2.29. The summed E-state index contributed by atoms with van der Waals surface area (Å²) in [4.78, 5) is 37.5. The number of hydrogen-bond donors (Lipinski definition) is 1. The maximum Gasteiger partial charge on any atom is 0.338 e. The largest absolute Gasteiger partial charge is 0.452 e. The highest BCUT2D eigenvalue weighted by molar-refractivity contribution is 5.93. The summed E-state index contributed by atoms with van der Waals surface area (Å²) >= 11 is 0. The average Bonchev–Trinajstić information content (AvgIpc) is 3.24. The van der Waals surface area contributed by atoms with Gasteiger partial charge in [-0.3, -0.25) is 14.9 Å². The summed E-state index contributed by atoms with van der Waals surface area (Å²) < 4.78 is 5.11. The van der Waals surface area contributed by atoms with Gasteiger partial charge in [0.2, 0.25) is 0 Å². The number of esters is 1. The van der Waals surface area contributed by atoms with Crippen molar-refractivity contribution in [3.8, 4) is 0 Å². The summed E-state index contributed by atoms with van der Waals surface area (Å²) in [5.74, 6) is -0.149. The molecule has 0 spiro atoms. The molecule has 1 heterocycles. The molecule has 29 heavy (non-hydrogen) atoms. The van der Waals surface area contributed by atoms with Crippen molar-refractivity contribution in [2.24, 2.45) is 11.8 Å². The van der Waals surface area contributed by atoms with Gasteiger partial charge in [0.1, 0.15) is 5.69 Å². The first-order valence-electron chi connectivity index (χ1n) is 10.4. The molecule has 0 radical (unpaired) electrons. The highest BCUT2D eigenvalue weighted by Crippen LogP contribution is 2.32. The molecule has 158 valence electrons. The predicted octanol–water partition coefficient (Wildman–Crippen LogP) is 3.29. The zero-order chi connectivity index (χ0) is 21.0. The number of rotatable bonds is 6. The zero-order valence-electron chi connectivity index (χ0n) is 17.1. The molecule has 8 heteroatoms. The topological polar surface area (TPSA) is 102 Å². The predicted molar refractivity (Wildman–Crippen MR) is 109 cm³/mol. The van der Waals surface area contributed by atoms with Crippen molar-refractivity contribution in [1.82, 2.24) is 5.32 Å². The van der Waals surface area contributed by atoms with E-state index in [0.717, 1.165) is 45.2 Å². The van der Waals surface area contributed by atoms with Gasteiger partial charge in [-0.05, 0) is 43.2 Å². The fraction of sp³-hybridized carbons (Fsp3) is 0.619. The molecule has 1 aromatic rings. The second-order valence-corrected chi connectivity index (χ2v) is 8.17. The molecular weight excluding hydrogens is 374 g/mol. The van der Waals surface area contributed by atoms with E-state index in [9.17, 15) is 19.7 Å². The first kappa shape index (κ1) is 21.1. The van der Waals surface area contributed by atoms with Gasteiger partial charge in [-0.15, -0.1) is 0 Å². The summed E-state index contributed by atoms with van der Waals surface area (Å²) in [5.41, 5.74) is 0.477. The SMILES string of the molecule is CC1CCCC(NC(=O)COC(=O)c2ccc(N3CCCC3)c([N+](=O)[O-])c2)C1C.